The average Bonchev–Trinajstić information content (AvgIpc) is 2.15. The first-order valence-electron chi connectivity index (χ1n) is 5.60. The molecule has 3 unspecified atom stereocenters. The van der Waals surface area contributed by atoms with Crippen LogP contribution in [0.5, 0.6) is 0 Å². The number of rotatable bonds is 3. The number of hydrogen-bond acceptors (Lipinski definition) is 2. The van der Waals surface area contributed by atoms with E-state index < -0.39 is 0 Å². The topological polar surface area (TPSA) is 15.3 Å². The zero-order chi connectivity index (χ0) is 9.84. The lowest BCUT2D eigenvalue weighted by Crippen LogP contribution is -2.48. The van der Waals surface area contributed by atoms with Crippen molar-refractivity contribution in [3.05, 3.63) is 0 Å². The first-order valence-corrected chi connectivity index (χ1v) is 5.60. The van der Waals surface area contributed by atoms with Gasteiger partial charge in [0.15, 0.2) is 0 Å². The van der Waals surface area contributed by atoms with Gasteiger partial charge in [0.05, 0.1) is 0 Å². The summed E-state index contributed by atoms with van der Waals surface area (Å²) in [7, 11) is 2.27. The molecule has 2 heteroatoms. The summed E-state index contributed by atoms with van der Waals surface area (Å²) >= 11 is 0. The second kappa shape index (κ2) is 4.97. The number of nitrogens with zero attached hydrogens (tertiary/aromatic N) is 1. The molecule has 0 radical (unpaired) electrons. The summed E-state index contributed by atoms with van der Waals surface area (Å²) in [5.74, 6) is 0. The van der Waals surface area contributed by atoms with E-state index in [9.17, 15) is 0 Å². The van der Waals surface area contributed by atoms with E-state index in [2.05, 4.69) is 38.0 Å². The van der Waals surface area contributed by atoms with Gasteiger partial charge in [-0.2, -0.15) is 0 Å². The van der Waals surface area contributed by atoms with Gasteiger partial charge in [-0.15, -0.1) is 0 Å². The Hall–Kier alpha value is -0.0800. The quantitative estimate of drug-likeness (QED) is 0.720. The Bertz CT molecular complexity index is 147. The van der Waals surface area contributed by atoms with Crippen LogP contribution in [-0.4, -0.2) is 36.6 Å². The molecule has 0 aromatic rings. The highest BCUT2D eigenvalue weighted by atomic mass is 15.2. The third-order valence-electron chi connectivity index (χ3n) is 3.46. The van der Waals surface area contributed by atoms with Crippen LogP contribution in [0.4, 0.5) is 0 Å². The summed E-state index contributed by atoms with van der Waals surface area (Å²) in [6.45, 7) is 8.07. The maximum atomic E-state index is 3.50. The highest BCUT2D eigenvalue weighted by molar-refractivity contribution is 4.82. The predicted molar refractivity (Wildman–Crippen MR) is 58.0 cm³/mol. The summed E-state index contributed by atoms with van der Waals surface area (Å²) in [6.07, 6.45) is 3.88. The van der Waals surface area contributed by atoms with Crippen molar-refractivity contribution in [2.75, 3.05) is 13.6 Å². The van der Waals surface area contributed by atoms with Crippen molar-refractivity contribution in [1.82, 2.24) is 10.2 Å². The first-order chi connectivity index (χ1) is 6.15. The van der Waals surface area contributed by atoms with Gasteiger partial charge >= 0.3 is 0 Å². The Labute approximate surface area is 82.7 Å². The lowest BCUT2D eigenvalue weighted by Gasteiger charge is -2.37. The van der Waals surface area contributed by atoms with Gasteiger partial charge in [-0.25, -0.2) is 0 Å². The molecule has 0 spiro atoms. The minimum atomic E-state index is 0.699. The molecule has 1 saturated heterocycles. The van der Waals surface area contributed by atoms with Crippen LogP contribution in [0.3, 0.4) is 0 Å². The van der Waals surface area contributed by atoms with Crippen LogP contribution in [0.1, 0.15) is 40.0 Å². The van der Waals surface area contributed by atoms with E-state index in [0.29, 0.717) is 6.04 Å². The smallest absolute Gasteiger partial charge is 0.0122 e. The van der Waals surface area contributed by atoms with E-state index in [4.69, 9.17) is 0 Å². The van der Waals surface area contributed by atoms with E-state index in [1.165, 1.54) is 25.8 Å². The van der Waals surface area contributed by atoms with Crippen molar-refractivity contribution in [2.45, 2.75) is 58.2 Å². The fourth-order valence-corrected chi connectivity index (χ4v) is 2.12. The zero-order valence-electron chi connectivity index (χ0n) is 9.51. The third-order valence-corrected chi connectivity index (χ3v) is 3.46. The van der Waals surface area contributed by atoms with Crippen LogP contribution in [-0.2, 0) is 0 Å². The van der Waals surface area contributed by atoms with Crippen molar-refractivity contribution in [2.24, 2.45) is 0 Å². The highest BCUT2D eigenvalue weighted by Gasteiger charge is 2.23. The van der Waals surface area contributed by atoms with E-state index in [1.54, 1.807) is 0 Å². The second-order valence-electron chi connectivity index (χ2n) is 4.46. The Morgan fingerprint density at radius 2 is 2.23 bits per heavy atom. The molecule has 1 aliphatic rings. The van der Waals surface area contributed by atoms with E-state index in [0.717, 1.165) is 12.1 Å². The lowest BCUT2D eigenvalue weighted by molar-refractivity contribution is 0.135. The largest absolute Gasteiger partial charge is 0.314 e. The van der Waals surface area contributed by atoms with Crippen LogP contribution in [0.15, 0.2) is 0 Å². The summed E-state index contributed by atoms with van der Waals surface area (Å²) in [6, 6.07) is 2.23. The molecule has 1 fully saturated rings. The molecule has 2 nitrogen and oxygen atoms in total. The SMILES string of the molecule is CCC(C)N(C)C1CCNC(C)C1. The average molecular weight is 184 g/mol. The van der Waals surface area contributed by atoms with Crippen LogP contribution in [0.25, 0.3) is 0 Å². The molecule has 0 aromatic carbocycles. The van der Waals surface area contributed by atoms with Gasteiger partial charge in [0, 0.05) is 18.1 Å². The van der Waals surface area contributed by atoms with E-state index in [-0.39, 0.29) is 0 Å². The lowest BCUT2D eigenvalue weighted by atomic mass is 9.98. The fourth-order valence-electron chi connectivity index (χ4n) is 2.12. The van der Waals surface area contributed by atoms with Gasteiger partial charge in [0.2, 0.25) is 0 Å². The molecule has 0 amide bonds. The molecule has 0 aromatic heterocycles. The van der Waals surface area contributed by atoms with E-state index >= 15 is 0 Å². The van der Waals surface area contributed by atoms with Crippen molar-refractivity contribution in [1.29, 1.82) is 0 Å². The summed E-state index contributed by atoms with van der Waals surface area (Å²) in [5, 5.41) is 3.50. The summed E-state index contributed by atoms with van der Waals surface area (Å²) in [4.78, 5) is 2.55. The Kier molecular flexibility index (Phi) is 4.20. The second-order valence-corrected chi connectivity index (χ2v) is 4.46. The van der Waals surface area contributed by atoms with Gasteiger partial charge in [0.1, 0.15) is 0 Å². The Morgan fingerprint density at radius 3 is 2.77 bits per heavy atom. The molecular formula is C11H24N2. The molecule has 78 valence electrons. The molecule has 3 atom stereocenters. The number of nitrogens with one attached hydrogen (secondary N) is 1. The van der Waals surface area contributed by atoms with Gasteiger partial charge in [-0.05, 0) is 46.7 Å². The molecular weight excluding hydrogens is 160 g/mol. The minimum absolute atomic E-state index is 0.699. The van der Waals surface area contributed by atoms with Gasteiger partial charge in [-0.1, -0.05) is 6.92 Å². The molecule has 0 bridgehead atoms. The van der Waals surface area contributed by atoms with Crippen LogP contribution in [0, 0.1) is 0 Å². The standard InChI is InChI=1S/C11H24N2/c1-5-10(3)13(4)11-6-7-12-9(2)8-11/h9-12H,5-8H2,1-4H3. The molecule has 0 aliphatic carbocycles. The molecule has 13 heavy (non-hydrogen) atoms. The van der Waals surface area contributed by atoms with Gasteiger partial charge in [-0.3, -0.25) is 0 Å². The molecule has 0 saturated carbocycles. The monoisotopic (exact) mass is 184 g/mol. The van der Waals surface area contributed by atoms with Crippen molar-refractivity contribution in [3.63, 3.8) is 0 Å². The molecule has 1 rings (SSSR count). The Balaban J connectivity index is 2.41. The van der Waals surface area contributed by atoms with Crippen molar-refractivity contribution in [3.8, 4) is 0 Å². The van der Waals surface area contributed by atoms with Gasteiger partial charge in [0.25, 0.3) is 0 Å². The van der Waals surface area contributed by atoms with Crippen molar-refractivity contribution < 1.29 is 0 Å². The fraction of sp³-hybridized carbons (Fsp3) is 1.00. The zero-order valence-corrected chi connectivity index (χ0v) is 9.51. The summed E-state index contributed by atoms with van der Waals surface area (Å²) in [5.41, 5.74) is 0. The van der Waals surface area contributed by atoms with Crippen molar-refractivity contribution >= 4 is 0 Å². The van der Waals surface area contributed by atoms with Crippen LogP contribution >= 0.6 is 0 Å². The number of piperidine rings is 1. The normalized spacial score (nSPS) is 32.1. The minimum Gasteiger partial charge on any atom is -0.314 e. The first kappa shape index (κ1) is 11.0. The molecule has 1 heterocycles. The Morgan fingerprint density at radius 1 is 1.54 bits per heavy atom. The van der Waals surface area contributed by atoms with Crippen LogP contribution < -0.4 is 5.32 Å². The maximum Gasteiger partial charge on any atom is 0.0122 e. The molecule has 1 aliphatic heterocycles. The van der Waals surface area contributed by atoms with E-state index in [1.807, 2.05) is 0 Å². The predicted octanol–water partition coefficient (Wildman–Crippen LogP) is 1.86. The van der Waals surface area contributed by atoms with Crippen LogP contribution in [0.2, 0.25) is 0 Å². The molecule has 1 N–H and O–H groups in total. The summed E-state index contributed by atoms with van der Waals surface area (Å²) < 4.78 is 0. The highest BCUT2D eigenvalue weighted by Crippen LogP contribution is 2.17. The van der Waals surface area contributed by atoms with Gasteiger partial charge < -0.3 is 10.2 Å². The number of hydrogen-bond donors (Lipinski definition) is 1. The maximum absolute atomic E-state index is 3.50. The third kappa shape index (κ3) is 2.96.